The number of carbonyl (C=O) groups is 1. The molecule has 1 amide bonds. The van der Waals surface area contributed by atoms with Gasteiger partial charge in [0.05, 0.1) is 29.0 Å². The normalized spacial score (nSPS) is 10.9. The number of rotatable bonds is 6. The first-order valence-electron chi connectivity index (χ1n) is 9.70. The lowest BCUT2D eigenvalue weighted by molar-refractivity contribution is -0.116. The van der Waals surface area contributed by atoms with Crippen LogP contribution in [0.1, 0.15) is 23.2 Å². The molecule has 0 unspecified atom stereocenters. The molecular formula is C23H23N5OS. The molecular weight excluding hydrogens is 394 g/mol. The summed E-state index contributed by atoms with van der Waals surface area (Å²) in [6.07, 6.45) is 2.66. The molecule has 4 rings (SSSR count). The van der Waals surface area contributed by atoms with Gasteiger partial charge < -0.3 is 11.1 Å². The van der Waals surface area contributed by atoms with Gasteiger partial charge in [-0.2, -0.15) is 11.3 Å². The highest BCUT2D eigenvalue weighted by molar-refractivity contribution is 7.08. The largest absolute Gasteiger partial charge is 0.397 e. The van der Waals surface area contributed by atoms with Crippen LogP contribution in [0.15, 0.2) is 59.4 Å². The number of nitrogens with zero attached hydrogens (tertiary/aromatic N) is 3. The Morgan fingerprint density at radius 3 is 2.73 bits per heavy atom. The molecule has 2 aromatic carbocycles. The van der Waals surface area contributed by atoms with E-state index >= 15 is 0 Å². The summed E-state index contributed by atoms with van der Waals surface area (Å²) < 4.78 is 1.74. The van der Waals surface area contributed by atoms with Gasteiger partial charge in [0.1, 0.15) is 0 Å². The zero-order valence-electron chi connectivity index (χ0n) is 16.9. The minimum absolute atomic E-state index is 0.107. The lowest BCUT2D eigenvalue weighted by Gasteiger charge is -2.10. The summed E-state index contributed by atoms with van der Waals surface area (Å²) in [5.41, 5.74) is 13.5. The Kier molecular flexibility index (Phi) is 5.63. The molecule has 0 radical (unpaired) electrons. The maximum absolute atomic E-state index is 12.5. The van der Waals surface area contributed by atoms with Crippen molar-refractivity contribution in [2.24, 2.45) is 0 Å². The Morgan fingerprint density at radius 2 is 1.97 bits per heavy atom. The molecule has 4 aromatic rings. The summed E-state index contributed by atoms with van der Waals surface area (Å²) in [5.74, 6) is -0.107. The quantitative estimate of drug-likeness (QED) is 0.443. The van der Waals surface area contributed by atoms with Crippen LogP contribution in [-0.2, 0) is 11.2 Å². The minimum atomic E-state index is -0.107. The molecule has 2 heterocycles. The molecule has 0 aliphatic rings. The summed E-state index contributed by atoms with van der Waals surface area (Å²) in [7, 11) is 0. The number of thiophene rings is 1. The average Bonchev–Trinajstić information content (AvgIpc) is 3.42. The van der Waals surface area contributed by atoms with Gasteiger partial charge in [-0.15, -0.1) is 5.10 Å². The Hall–Kier alpha value is -3.45. The van der Waals surface area contributed by atoms with Gasteiger partial charge in [-0.3, -0.25) is 4.79 Å². The van der Waals surface area contributed by atoms with E-state index in [-0.39, 0.29) is 5.91 Å². The SMILES string of the molecule is Cc1ccc(-n2cc(CCC(=O)Nc3cc(-c4ccsc4)ccc3N)nn2)cc1C. The Bertz CT molecular complexity index is 1180. The standard InChI is InChI=1S/C23H23N5OS/c1-15-3-6-20(11-16(15)2)28-13-19(26-27-28)5-8-23(29)25-22-12-17(4-7-21(22)24)18-9-10-30-14-18/h3-4,6-7,9-14H,5,8,24H2,1-2H3,(H,25,29). The number of aryl methyl sites for hydroxylation is 3. The summed E-state index contributed by atoms with van der Waals surface area (Å²) in [5, 5.41) is 15.4. The summed E-state index contributed by atoms with van der Waals surface area (Å²) in [4.78, 5) is 12.5. The highest BCUT2D eigenvalue weighted by Gasteiger charge is 2.10. The smallest absolute Gasteiger partial charge is 0.224 e. The fraction of sp³-hybridized carbons (Fsp3) is 0.174. The van der Waals surface area contributed by atoms with E-state index in [4.69, 9.17) is 5.73 Å². The minimum Gasteiger partial charge on any atom is -0.397 e. The van der Waals surface area contributed by atoms with Crippen LogP contribution in [0.5, 0.6) is 0 Å². The second-order valence-electron chi connectivity index (χ2n) is 7.29. The average molecular weight is 418 g/mol. The van der Waals surface area contributed by atoms with Crippen molar-refractivity contribution < 1.29 is 4.79 Å². The lowest BCUT2D eigenvalue weighted by Crippen LogP contribution is -2.13. The number of hydrogen-bond donors (Lipinski definition) is 2. The van der Waals surface area contributed by atoms with Gasteiger partial charge in [-0.25, -0.2) is 4.68 Å². The molecule has 0 aliphatic heterocycles. The third kappa shape index (κ3) is 4.41. The first-order chi connectivity index (χ1) is 14.5. The highest BCUT2D eigenvalue weighted by atomic mass is 32.1. The number of aromatic nitrogens is 3. The maximum atomic E-state index is 12.5. The molecule has 30 heavy (non-hydrogen) atoms. The number of carbonyl (C=O) groups excluding carboxylic acids is 1. The fourth-order valence-electron chi connectivity index (χ4n) is 3.13. The molecule has 0 spiro atoms. The molecule has 7 heteroatoms. The monoisotopic (exact) mass is 417 g/mol. The van der Waals surface area contributed by atoms with Crippen LogP contribution >= 0.6 is 11.3 Å². The molecule has 6 nitrogen and oxygen atoms in total. The van der Waals surface area contributed by atoms with Crippen molar-refractivity contribution in [2.75, 3.05) is 11.1 Å². The predicted octanol–water partition coefficient (Wildman–Crippen LogP) is 4.77. The molecule has 152 valence electrons. The summed E-state index contributed by atoms with van der Waals surface area (Å²) in [6.45, 7) is 4.15. The Labute approximate surface area is 179 Å². The number of amides is 1. The topological polar surface area (TPSA) is 85.8 Å². The van der Waals surface area contributed by atoms with Crippen molar-refractivity contribution in [3.05, 3.63) is 76.2 Å². The number of anilines is 2. The van der Waals surface area contributed by atoms with Gasteiger partial charge in [0.2, 0.25) is 5.91 Å². The number of nitrogens with one attached hydrogen (secondary N) is 1. The van der Waals surface area contributed by atoms with Gasteiger partial charge in [0.25, 0.3) is 0 Å². The van der Waals surface area contributed by atoms with Crippen molar-refractivity contribution >= 4 is 28.6 Å². The molecule has 2 aromatic heterocycles. The molecule has 0 saturated heterocycles. The second-order valence-corrected chi connectivity index (χ2v) is 8.07. The maximum Gasteiger partial charge on any atom is 0.224 e. The first-order valence-corrected chi connectivity index (χ1v) is 10.6. The summed E-state index contributed by atoms with van der Waals surface area (Å²) in [6, 6.07) is 13.9. The van der Waals surface area contributed by atoms with E-state index in [1.165, 1.54) is 11.1 Å². The Balaban J connectivity index is 1.39. The molecule has 0 saturated carbocycles. The van der Waals surface area contributed by atoms with Crippen LogP contribution in [-0.4, -0.2) is 20.9 Å². The van der Waals surface area contributed by atoms with Crippen molar-refractivity contribution in [2.45, 2.75) is 26.7 Å². The molecule has 0 atom stereocenters. The zero-order valence-corrected chi connectivity index (χ0v) is 17.7. The van der Waals surface area contributed by atoms with Crippen LogP contribution < -0.4 is 11.1 Å². The van der Waals surface area contributed by atoms with E-state index in [0.717, 1.165) is 22.5 Å². The van der Waals surface area contributed by atoms with Crippen molar-refractivity contribution in [3.63, 3.8) is 0 Å². The van der Waals surface area contributed by atoms with Crippen LogP contribution in [0, 0.1) is 13.8 Å². The number of nitrogen functional groups attached to an aromatic ring is 1. The van der Waals surface area contributed by atoms with Gasteiger partial charge >= 0.3 is 0 Å². The van der Waals surface area contributed by atoms with Crippen LogP contribution in [0.2, 0.25) is 0 Å². The van der Waals surface area contributed by atoms with Crippen LogP contribution in [0.3, 0.4) is 0 Å². The second kappa shape index (κ2) is 8.51. The number of nitrogens with two attached hydrogens (primary N) is 1. The van der Waals surface area contributed by atoms with Crippen LogP contribution in [0.25, 0.3) is 16.8 Å². The molecule has 0 fully saturated rings. The number of hydrogen-bond acceptors (Lipinski definition) is 5. The zero-order chi connectivity index (χ0) is 21.1. The molecule has 0 aliphatic carbocycles. The van der Waals surface area contributed by atoms with E-state index < -0.39 is 0 Å². The van der Waals surface area contributed by atoms with Crippen molar-refractivity contribution in [1.82, 2.24) is 15.0 Å². The van der Waals surface area contributed by atoms with E-state index in [2.05, 4.69) is 47.0 Å². The van der Waals surface area contributed by atoms with Crippen molar-refractivity contribution in [3.8, 4) is 16.8 Å². The van der Waals surface area contributed by atoms with Crippen molar-refractivity contribution in [1.29, 1.82) is 0 Å². The lowest BCUT2D eigenvalue weighted by atomic mass is 10.1. The van der Waals surface area contributed by atoms with Crippen LogP contribution in [0.4, 0.5) is 11.4 Å². The van der Waals surface area contributed by atoms with E-state index in [9.17, 15) is 4.79 Å². The van der Waals surface area contributed by atoms with Gasteiger partial charge in [0.15, 0.2) is 0 Å². The van der Waals surface area contributed by atoms with Gasteiger partial charge in [-0.05, 0) is 77.2 Å². The third-order valence-corrected chi connectivity index (χ3v) is 5.77. The van der Waals surface area contributed by atoms with E-state index in [1.807, 2.05) is 41.9 Å². The third-order valence-electron chi connectivity index (χ3n) is 5.09. The van der Waals surface area contributed by atoms with E-state index in [1.54, 1.807) is 16.0 Å². The fourth-order valence-corrected chi connectivity index (χ4v) is 3.80. The molecule has 0 bridgehead atoms. The summed E-state index contributed by atoms with van der Waals surface area (Å²) >= 11 is 1.63. The Morgan fingerprint density at radius 1 is 1.10 bits per heavy atom. The van der Waals surface area contributed by atoms with Gasteiger partial charge in [0, 0.05) is 12.8 Å². The first kappa shape index (κ1) is 19.8. The van der Waals surface area contributed by atoms with E-state index in [0.29, 0.717) is 24.2 Å². The highest BCUT2D eigenvalue weighted by Crippen LogP contribution is 2.28. The predicted molar refractivity (Wildman–Crippen MR) is 122 cm³/mol. The van der Waals surface area contributed by atoms with Gasteiger partial charge in [-0.1, -0.05) is 17.3 Å². The number of benzene rings is 2. The molecule has 3 N–H and O–H groups in total.